The summed E-state index contributed by atoms with van der Waals surface area (Å²) < 4.78 is 0. The minimum absolute atomic E-state index is 0.129. The molecule has 0 bridgehead atoms. The van der Waals surface area contributed by atoms with Crippen LogP contribution >= 0.6 is 35.0 Å². The van der Waals surface area contributed by atoms with E-state index in [0.717, 1.165) is 5.75 Å². The summed E-state index contributed by atoms with van der Waals surface area (Å²) in [6, 6.07) is 3.06. The smallest absolute Gasteiger partial charge is 0.234 e. The number of carbonyl (C=O) groups excluding carboxylic acids is 1. The van der Waals surface area contributed by atoms with Gasteiger partial charge in [-0.1, -0.05) is 23.2 Å². The van der Waals surface area contributed by atoms with Gasteiger partial charge in [-0.3, -0.25) is 4.79 Å². The van der Waals surface area contributed by atoms with Crippen LogP contribution in [0, 0.1) is 0 Å². The van der Waals surface area contributed by atoms with Gasteiger partial charge < -0.3 is 16.2 Å². The van der Waals surface area contributed by atoms with E-state index in [-0.39, 0.29) is 18.3 Å². The second-order valence-corrected chi connectivity index (χ2v) is 5.46. The molecule has 100 valence electrons. The van der Waals surface area contributed by atoms with E-state index in [1.54, 1.807) is 0 Å². The molecule has 0 heterocycles. The first-order valence-electron chi connectivity index (χ1n) is 5.27. The SMILES string of the molecule is Nc1cc(Cl)c(NC(=O)CSCCCO)c(Cl)c1. The van der Waals surface area contributed by atoms with E-state index in [4.69, 9.17) is 34.0 Å². The van der Waals surface area contributed by atoms with E-state index in [0.29, 0.717) is 27.8 Å². The number of aliphatic hydroxyl groups excluding tert-OH is 1. The van der Waals surface area contributed by atoms with Gasteiger partial charge in [0.2, 0.25) is 5.91 Å². The number of thioether (sulfide) groups is 1. The fraction of sp³-hybridized carbons (Fsp3) is 0.364. The minimum Gasteiger partial charge on any atom is -0.399 e. The summed E-state index contributed by atoms with van der Waals surface area (Å²) in [6.07, 6.45) is 0.668. The van der Waals surface area contributed by atoms with Crippen LogP contribution in [0.4, 0.5) is 11.4 Å². The molecule has 4 nitrogen and oxygen atoms in total. The number of halogens is 2. The molecule has 18 heavy (non-hydrogen) atoms. The van der Waals surface area contributed by atoms with Gasteiger partial charge in [0.15, 0.2) is 0 Å². The van der Waals surface area contributed by atoms with Crippen molar-refractivity contribution in [3.63, 3.8) is 0 Å². The Morgan fingerprint density at radius 1 is 1.39 bits per heavy atom. The number of hydrogen-bond donors (Lipinski definition) is 3. The van der Waals surface area contributed by atoms with Crippen molar-refractivity contribution in [1.82, 2.24) is 0 Å². The fourth-order valence-electron chi connectivity index (χ4n) is 1.22. The van der Waals surface area contributed by atoms with Crippen LogP contribution in [0.25, 0.3) is 0 Å². The summed E-state index contributed by atoms with van der Waals surface area (Å²) >= 11 is 13.3. The van der Waals surface area contributed by atoms with Gasteiger partial charge in [-0.25, -0.2) is 0 Å². The van der Waals surface area contributed by atoms with Crippen molar-refractivity contribution < 1.29 is 9.90 Å². The van der Waals surface area contributed by atoms with Gasteiger partial charge in [-0.05, 0) is 24.3 Å². The number of amides is 1. The Kier molecular flexibility index (Phi) is 6.63. The number of nitrogens with one attached hydrogen (secondary N) is 1. The Bertz CT molecular complexity index is 406. The number of aliphatic hydroxyl groups is 1. The molecule has 1 aromatic rings. The van der Waals surface area contributed by atoms with E-state index in [1.165, 1.54) is 23.9 Å². The van der Waals surface area contributed by atoms with Crippen molar-refractivity contribution in [2.24, 2.45) is 0 Å². The van der Waals surface area contributed by atoms with Crippen molar-refractivity contribution in [1.29, 1.82) is 0 Å². The van der Waals surface area contributed by atoms with E-state index >= 15 is 0 Å². The van der Waals surface area contributed by atoms with Gasteiger partial charge >= 0.3 is 0 Å². The molecule has 0 radical (unpaired) electrons. The topological polar surface area (TPSA) is 75.3 Å². The van der Waals surface area contributed by atoms with E-state index in [1.807, 2.05) is 0 Å². The zero-order valence-electron chi connectivity index (χ0n) is 9.58. The lowest BCUT2D eigenvalue weighted by atomic mass is 10.3. The number of nitrogen functional groups attached to an aromatic ring is 1. The Balaban J connectivity index is 2.54. The number of benzene rings is 1. The molecule has 0 aromatic heterocycles. The predicted molar refractivity (Wildman–Crippen MR) is 78.5 cm³/mol. The third-order valence-corrected chi connectivity index (χ3v) is 3.65. The van der Waals surface area contributed by atoms with Gasteiger partial charge in [-0.2, -0.15) is 11.8 Å². The van der Waals surface area contributed by atoms with E-state index in [2.05, 4.69) is 5.32 Å². The Labute approximate surface area is 120 Å². The summed E-state index contributed by atoms with van der Waals surface area (Å²) in [7, 11) is 0. The zero-order valence-corrected chi connectivity index (χ0v) is 11.9. The Morgan fingerprint density at radius 2 is 2.00 bits per heavy atom. The number of carbonyl (C=O) groups is 1. The monoisotopic (exact) mass is 308 g/mol. The van der Waals surface area contributed by atoms with Crippen molar-refractivity contribution in [2.75, 3.05) is 29.2 Å². The molecule has 0 atom stereocenters. The van der Waals surface area contributed by atoms with Crippen LogP contribution in [0.15, 0.2) is 12.1 Å². The maximum Gasteiger partial charge on any atom is 0.234 e. The lowest BCUT2D eigenvalue weighted by Crippen LogP contribution is -2.15. The summed E-state index contributed by atoms with van der Waals surface area (Å²) in [5, 5.41) is 11.9. The van der Waals surface area contributed by atoms with Crippen molar-refractivity contribution >= 4 is 52.2 Å². The van der Waals surface area contributed by atoms with Crippen molar-refractivity contribution in [3.05, 3.63) is 22.2 Å². The average molecular weight is 309 g/mol. The van der Waals surface area contributed by atoms with Gasteiger partial charge in [0.1, 0.15) is 0 Å². The first-order valence-corrected chi connectivity index (χ1v) is 7.18. The second-order valence-electron chi connectivity index (χ2n) is 3.54. The van der Waals surface area contributed by atoms with Gasteiger partial charge in [0, 0.05) is 12.3 Å². The molecular weight excluding hydrogens is 295 g/mol. The average Bonchev–Trinajstić information content (AvgIpc) is 2.29. The summed E-state index contributed by atoms with van der Waals surface area (Å²) in [5.41, 5.74) is 6.38. The number of rotatable bonds is 6. The molecule has 0 aliphatic heterocycles. The normalized spacial score (nSPS) is 10.4. The molecule has 0 saturated carbocycles. The van der Waals surface area contributed by atoms with Crippen LogP contribution in [-0.4, -0.2) is 29.1 Å². The molecule has 7 heteroatoms. The lowest BCUT2D eigenvalue weighted by Gasteiger charge is -2.10. The molecule has 0 spiro atoms. The quantitative estimate of drug-likeness (QED) is 0.558. The molecule has 4 N–H and O–H groups in total. The van der Waals surface area contributed by atoms with Crippen LogP contribution in [-0.2, 0) is 4.79 Å². The zero-order chi connectivity index (χ0) is 13.5. The van der Waals surface area contributed by atoms with Crippen LogP contribution in [0.1, 0.15) is 6.42 Å². The largest absolute Gasteiger partial charge is 0.399 e. The number of hydrogen-bond acceptors (Lipinski definition) is 4. The minimum atomic E-state index is -0.188. The molecular formula is C11H14Cl2N2O2S. The molecule has 1 amide bonds. The standard InChI is InChI=1S/C11H14Cl2N2O2S/c12-8-4-7(14)5-9(13)11(8)15-10(17)6-18-3-1-2-16/h4-5,16H,1-3,6,14H2,(H,15,17). The van der Waals surface area contributed by atoms with Crippen LogP contribution < -0.4 is 11.1 Å². The third kappa shape index (κ3) is 4.94. The summed E-state index contributed by atoms with van der Waals surface area (Å²) in [5.74, 6) is 0.830. The van der Waals surface area contributed by atoms with Gasteiger partial charge in [-0.15, -0.1) is 0 Å². The molecule has 1 aromatic carbocycles. The van der Waals surface area contributed by atoms with Crippen LogP contribution in [0.5, 0.6) is 0 Å². The van der Waals surface area contributed by atoms with E-state index in [9.17, 15) is 4.79 Å². The van der Waals surface area contributed by atoms with Crippen LogP contribution in [0.2, 0.25) is 10.0 Å². The van der Waals surface area contributed by atoms with Crippen LogP contribution in [0.3, 0.4) is 0 Å². The van der Waals surface area contributed by atoms with Crippen molar-refractivity contribution in [2.45, 2.75) is 6.42 Å². The molecule has 1 rings (SSSR count). The highest BCUT2D eigenvalue weighted by Gasteiger charge is 2.10. The summed E-state index contributed by atoms with van der Waals surface area (Å²) in [6.45, 7) is 0.129. The van der Waals surface area contributed by atoms with Crippen molar-refractivity contribution in [3.8, 4) is 0 Å². The second kappa shape index (κ2) is 7.74. The highest BCUT2D eigenvalue weighted by molar-refractivity contribution is 7.99. The van der Waals surface area contributed by atoms with Gasteiger partial charge in [0.25, 0.3) is 0 Å². The van der Waals surface area contributed by atoms with Gasteiger partial charge in [0.05, 0.1) is 21.5 Å². The molecule has 0 aliphatic carbocycles. The Morgan fingerprint density at radius 3 is 2.56 bits per heavy atom. The first-order chi connectivity index (χ1) is 8.54. The molecule has 0 aliphatic rings. The Hall–Kier alpha value is -0.620. The molecule has 0 saturated heterocycles. The van der Waals surface area contributed by atoms with E-state index < -0.39 is 0 Å². The predicted octanol–water partition coefficient (Wildman–Crippen LogP) is 2.63. The number of nitrogens with two attached hydrogens (primary N) is 1. The third-order valence-electron chi connectivity index (χ3n) is 2.01. The lowest BCUT2D eigenvalue weighted by molar-refractivity contribution is -0.113. The highest BCUT2D eigenvalue weighted by atomic mass is 35.5. The highest BCUT2D eigenvalue weighted by Crippen LogP contribution is 2.32. The number of anilines is 2. The summed E-state index contributed by atoms with van der Waals surface area (Å²) in [4.78, 5) is 11.6. The molecule has 0 fully saturated rings. The fourth-order valence-corrected chi connectivity index (χ4v) is 2.55. The first kappa shape index (κ1) is 15.4. The molecule has 0 unspecified atom stereocenters. The maximum absolute atomic E-state index is 11.6. The maximum atomic E-state index is 11.6.